The van der Waals surface area contributed by atoms with Crippen LogP contribution in [0.3, 0.4) is 0 Å². The molecule has 1 fully saturated rings. The van der Waals surface area contributed by atoms with Gasteiger partial charge in [0.05, 0.1) is 36.5 Å². The first-order valence-corrected chi connectivity index (χ1v) is 12.5. The standard InChI is InChI=1S/C15H12Br4O2.C3H5ClO.C3H4O2/c1-15(2,7-3-9(16)13(20)10(17)4-7)8-5-11(18)14(21)12(19)6-8;4-1-3-2-5-3;1-2-3(4)5/h3-6,20-21H,1-2H3;3H,1-2H2;2H,1H2,(H,4,5). The molecule has 0 spiro atoms. The van der Waals surface area contributed by atoms with Crippen molar-refractivity contribution in [3.05, 3.63) is 65.9 Å². The van der Waals surface area contributed by atoms with Crippen LogP contribution < -0.4 is 0 Å². The molecule has 2 aromatic carbocycles. The number of benzene rings is 2. The highest BCUT2D eigenvalue weighted by atomic mass is 79.9. The number of aliphatic carboxylic acids is 1. The Morgan fingerprint density at radius 2 is 1.35 bits per heavy atom. The molecule has 1 saturated heterocycles. The van der Waals surface area contributed by atoms with Crippen molar-refractivity contribution in [2.45, 2.75) is 25.4 Å². The number of epoxide rings is 1. The Hall–Kier alpha value is -0.580. The van der Waals surface area contributed by atoms with E-state index in [1.54, 1.807) is 0 Å². The fourth-order valence-corrected chi connectivity index (χ4v) is 4.73. The van der Waals surface area contributed by atoms with Crippen LogP contribution in [0.25, 0.3) is 0 Å². The first-order valence-electron chi connectivity index (χ1n) is 8.75. The van der Waals surface area contributed by atoms with Crippen molar-refractivity contribution >= 4 is 81.3 Å². The van der Waals surface area contributed by atoms with Crippen LogP contribution in [0.4, 0.5) is 0 Å². The molecule has 1 unspecified atom stereocenters. The van der Waals surface area contributed by atoms with Gasteiger partial charge in [0.25, 0.3) is 0 Å². The fraction of sp³-hybridized carbons (Fsp3) is 0.286. The Kier molecular flexibility index (Phi) is 11.6. The zero-order valence-corrected chi connectivity index (χ0v) is 23.7. The molecule has 5 nitrogen and oxygen atoms in total. The minimum absolute atomic E-state index is 0.183. The lowest BCUT2D eigenvalue weighted by Crippen LogP contribution is -2.19. The molecule has 1 aliphatic heterocycles. The first kappa shape index (κ1) is 28.5. The largest absolute Gasteiger partial charge is 0.506 e. The number of hydrogen-bond donors (Lipinski definition) is 3. The van der Waals surface area contributed by atoms with E-state index in [-0.39, 0.29) is 16.9 Å². The summed E-state index contributed by atoms with van der Waals surface area (Å²) in [7, 11) is 0. The summed E-state index contributed by atoms with van der Waals surface area (Å²) in [5, 5.41) is 27.3. The smallest absolute Gasteiger partial charge is 0.327 e. The van der Waals surface area contributed by atoms with E-state index in [0.29, 0.717) is 29.9 Å². The third-order valence-electron chi connectivity index (χ3n) is 4.23. The zero-order chi connectivity index (χ0) is 23.9. The van der Waals surface area contributed by atoms with Crippen LogP contribution in [0.5, 0.6) is 11.5 Å². The number of hydrogen-bond acceptors (Lipinski definition) is 4. The first-order chi connectivity index (χ1) is 14.3. The summed E-state index contributed by atoms with van der Waals surface area (Å²) in [6.45, 7) is 8.01. The lowest BCUT2D eigenvalue weighted by atomic mass is 9.78. The van der Waals surface area contributed by atoms with E-state index in [2.05, 4.69) is 84.1 Å². The predicted octanol–water partition coefficient (Wildman–Crippen LogP) is 7.35. The van der Waals surface area contributed by atoms with Crippen LogP contribution in [0.1, 0.15) is 25.0 Å². The maximum absolute atomic E-state index is 9.85. The third-order valence-corrected chi connectivity index (χ3v) is 6.99. The molecule has 3 N–H and O–H groups in total. The number of halogens is 5. The summed E-state index contributed by atoms with van der Waals surface area (Å²) in [5.74, 6) is 0.0511. The topological polar surface area (TPSA) is 90.3 Å². The number of alkyl halides is 1. The monoisotopic (exact) mass is 704 g/mol. The second kappa shape index (κ2) is 12.6. The third kappa shape index (κ3) is 8.70. The number of carboxylic acid groups (broad SMARTS) is 1. The number of phenols is 2. The lowest BCUT2D eigenvalue weighted by Gasteiger charge is -2.27. The number of carboxylic acids is 1. The fourth-order valence-electron chi connectivity index (χ4n) is 2.18. The van der Waals surface area contributed by atoms with Gasteiger partial charge >= 0.3 is 5.97 Å². The molecule has 1 aliphatic rings. The van der Waals surface area contributed by atoms with Crippen molar-refractivity contribution in [3.63, 3.8) is 0 Å². The molecular weight excluding hydrogens is 687 g/mol. The highest BCUT2D eigenvalue weighted by Crippen LogP contribution is 2.43. The van der Waals surface area contributed by atoms with Gasteiger partial charge in [-0.3, -0.25) is 0 Å². The van der Waals surface area contributed by atoms with Crippen LogP contribution in [0.15, 0.2) is 54.8 Å². The van der Waals surface area contributed by atoms with Crippen LogP contribution in [0, 0.1) is 0 Å². The SMILES string of the molecule is C=CC(=O)O.CC(C)(c1cc(Br)c(O)c(Br)c1)c1cc(Br)c(O)c(Br)c1.ClCC1CO1. The maximum Gasteiger partial charge on any atom is 0.327 e. The molecule has 0 bridgehead atoms. The second-order valence-corrected chi connectivity index (χ2v) is 10.6. The van der Waals surface area contributed by atoms with E-state index in [1.807, 2.05) is 24.3 Å². The number of ether oxygens (including phenoxy) is 1. The van der Waals surface area contributed by atoms with Crippen molar-refractivity contribution in [3.8, 4) is 11.5 Å². The quantitative estimate of drug-likeness (QED) is 0.176. The van der Waals surface area contributed by atoms with Crippen molar-refractivity contribution in [1.29, 1.82) is 0 Å². The average molecular weight is 708 g/mol. The van der Waals surface area contributed by atoms with Crippen molar-refractivity contribution < 1.29 is 24.9 Å². The zero-order valence-electron chi connectivity index (χ0n) is 16.6. The lowest BCUT2D eigenvalue weighted by molar-refractivity contribution is -0.131. The van der Waals surface area contributed by atoms with Gasteiger partial charge in [0, 0.05) is 11.5 Å². The van der Waals surface area contributed by atoms with E-state index in [9.17, 15) is 15.0 Å². The molecule has 0 saturated carbocycles. The molecule has 2 aromatic rings. The Bertz CT molecular complexity index is 840. The molecule has 0 aromatic heterocycles. The highest BCUT2D eigenvalue weighted by Gasteiger charge is 2.26. The van der Waals surface area contributed by atoms with Gasteiger partial charge < -0.3 is 20.1 Å². The average Bonchev–Trinajstić information content (AvgIpc) is 3.55. The second-order valence-electron chi connectivity index (χ2n) is 6.85. The Morgan fingerprint density at radius 3 is 1.52 bits per heavy atom. The van der Waals surface area contributed by atoms with E-state index >= 15 is 0 Å². The van der Waals surface area contributed by atoms with E-state index < -0.39 is 5.97 Å². The van der Waals surface area contributed by atoms with Crippen LogP contribution in [-0.4, -0.2) is 39.9 Å². The van der Waals surface area contributed by atoms with Gasteiger partial charge in [0.1, 0.15) is 11.5 Å². The van der Waals surface area contributed by atoms with Crippen molar-refractivity contribution in [2.24, 2.45) is 0 Å². The van der Waals surface area contributed by atoms with Gasteiger partial charge in [-0.05, 0) is 99.1 Å². The van der Waals surface area contributed by atoms with Gasteiger partial charge in [0.2, 0.25) is 0 Å². The van der Waals surface area contributed by atoms with Gasteiger partial charge in [-0.1, -0.05) is 20.4 Å². The number of carbonyl (C=O) groups is 1. The Labute approximate surface area is 220 Å². The summed E-state index contributed by atoms with van der Waals surface area (Å²) in [5.41, 5.74) is 1.75. The van der Waals surface area contributed by atoms with Gasteiger partial charge in [-0.2, -0.15) is 0 Å². The molecule has 0 aliphatic carbocycles. The van der Waals surface area contributed by atoms with Crippen LogP contribution in [-0.2, 0) is 14.9 Å². The van der Waals surface area contributed by atoms with E-state index in [4.69, 9.17) is 21.4 Å². The highest BCUT2D eigenvalue weighted by molar-refractivity contribution is 9.11. The molecule has 3 rings (SSSR count). The van der Waals surface area contributed by atoms with E-state index in [1.165, 1.54) is 0 Å². The molecule has 0 radical (unpaired) electrons. The van der Waals surface area contributed by atoms with Crippen molar-refractivity contribution in [1.82, 2.24) is 0 Å². The van der Waals surface area contributed by atoms with Gasteiger partial charge in [-0.25, -0.2) is 4.79 Å². The number of phenolic OH excluding ortho intramolecular Hbond substituents is 2. The maximum atomic E-state index is 9.85. The molecule has 170 valence electrons. The Morgan fingerprint density at radius 1 is 1.06 bits per heavy atom. The number of rotatable bonds is 4. The summed E-state index contributed by atoms with van der Waals surface area (Å²) < 4.78 is 7.27. The minimum Gasteiger partial charge on any atom is -0.506 e. The van der Waals surface area contributed by atoms with Gasteiger partial charge in [-0.15, -0.1) is 11.6 Å². The van der Waals surface area contributed by atoms with Crippen LogP contribution in [0.2, 0.25) is 0 Å². The minimum atomic E-state index is -0.981. The summed E-state index contributed by atoms with van der Waals surface area (Å²) >= 11 is 18.7. The molecular formula is C21H21Br4ClO5. The number of aromatic hydroxyl groups is 2. The van der Waals surface area contributed by atoms with Gasteiger partial charge in [0.15, 0.2) is 0 Å². The summed E-state index contributed by atoms with van der Waals surface area (Å²) in [6.07, 6.45) is 1.23. The Balaban J connectivity index is 0.000000395. The molecule has 10 heteroatoms. The van der Waals surface area contributed by atoms with Crippen molar-refractivity contribution in [2.75, 3.05) is 12.5 Å². The van der Waals surface area contributed by atoms with Crippen LogP contribution >= 0.6 is 75.3 Å². The normalized spacial score (nSPS) is 14.5. The molecule has 0 amide bonds. The van der Waals surface area contributed by atoms with E-state index in [0.717, 1.165) is 23.8 Å². The summed E-state index contributed by atoms with van der Waals surface area (Å²) in [4.78, 5) is 9.25. The molecule has 1 heterocycles. The molecule has 31 heavy (non-hydrogen) atoms. The predicted molar refractivity (Wildman–Crippen MR) is 137 cm³/mol. The molecule has 1 atom stereocenters. The summed E-state index contributed by atoms with van der Waals surface area (Å²) in [6, 6.07) is 7.59.